The molecule has 148 valence electrons. The van der Waals surface area contributed by atoms with E-state index in [0.29, 0.717) is 30.3 Å². The van der Waals surface area contributed by atoms with Crippen molar-refractivity contribution >= 4 is 28.1 Å². The highest BCUT2D eigenvalue weighted by atomic mass is 79.9. The lowest BCUT2D eigenvalue weighted by atomic mass is 10.2. The third kappa shape index (κ3) is 5.89. The molecule has 7 heteroatoms. The molecule has 0 aliphatic carbocycles. The van der Waals surface area contributed by atoms with Gasteiger partial charge in [0.2, 0.25) is 0 Å². The number of amides is 1. The van der Waals surface area contributed by atoms with Crippen molar-refractivity contribution in [1.29, 1.82) is 0 Å². The van der Waals surface area contributed by atoms with Crippen LogP contribution < -0.4 is 14.9 Å². The molecule has 0 bridgehead atoms. The van der Waals surface area contributed by atoms with Crippen LogP contribution >= 0.6 is 15.9 Å². The molecule has 0 atom stereocenters. The number of nitrogens with zero attached hydrogens (tertiary/aromatic N) is 2. The van der Waals surface area contributed by atoms with E-state index in [1.165, 1.54) is 6.20 Å². The van der Waals surface area contributed by atoms with Crippen molar-refractivity contribution in [3.05, 3.63) is 88.2 Å². The summed E-state index contributed by atoms with van der Waals surface area (Å²) >= 11 is 3.52. The van der Waals surface area contributed by atoms with Gasteiger partial charge in [-0.05, 0) is 52.7 Å². The molecule has 0 aliphatic heterocycles. The molecule has 0 spiro atoms. The fourth-order valence-corrected chi connectivity index (χ4v) is 2.91. The first-order valence-electron chi connectivity index (χ1n) is 9.04. The highest BCUT2D eigenvalue weighted by Gasteiger charge is 2.11. The molecule has 2 aromatic carbocycles. The summed E-state index contributed by atoms with van der Waals surface area (Å²) in [6, 6.07) is 16.9. The largest absolute Gasteiger partial charge is 0.490 e. The van der Waals surface area contributed by atoms with Crippen LogP contribution in [0.1, 0.15) is 28.4 Å². The van der Waals surface area contributed by atoms with Crippen LogP contribution in [0.25, 0.3) is 0 Å². The Bertz CT molecular complexity index is 979. The number of carbonyl (C=O) groups is 1. The Morgan fingerprint density at radius 2 is 1.93 bits per heavy atom. The van der Waals surface area contributed by atoms with Gasteiger partial charge in [-0.25, -0.2) is 5.43 Å². The van der Waals surface area contributed by atoms with Crippen LogP contribution in [-0.4, -0.2) is 23.7 Å². The molecule has 29 heavy (non-hydrogen) atoms. The average molecular weight is 454 g/mol. The molecule has 1 amide bonds. The number of halogens is 1. The number of pyridine rings is 1. The summed E-state index contributed by atoms with van der Waals surface area (Å²) in [5.41, 5.74) is 4.73. The first-order chi connectivity index (χ1) is 14.2. The third-order valence-corrected chi connectivity index (χ3v) is 4.58. The molecular weight excluding hydrogens is 434 g/mol. The lowest BCUT2D eigenvalue weighted by Gasteiger charge is -2.14. The van der Waals surface area contributed by atoms with E-state index >= 15 is 0 Å². The van der Waals surface area contributed by atoms with Gasteiger partial charge in [-0.2, -0.15) is 5.10 Å². The molecule has 0 aliphatic rings. The van der Waals surface area contributed by atoms with Gasteiger partial charge in [0.1, 0.15) is 6.61 Å². The van der Waals surface area contributed by atoms with Crippen LogP contribution in [0.5, 0.6) is 11.5 Å². The summed E-state index contributed by atoms with van der Waals surface area (Å²) in [7, 11) is 0. The van der Waals surface area contributed by atoms with Crippen LogP contribution in [-0.2, 0) is 6.61 Å². The van der Waals surface area contributed by atoms with Gasteiger partial charge in [-0.15, -0.1) is 0 Å². The monoisotopic (exact) mass is 453 g/mol. The van der Waals surface area contributed by atoms with Crippen LogP contribution in [0.2, 0.25) is 0 Å². The average Bonchev–Trinajstić information content (AvgIpc) is 2.76. The summed E-state index contributed by atoms with van der Waals surface area (Å²) < 4.78 is 12.4. The lowest BCUT2D eigenvalue weighted by Crippen LogP contribution is -2.17. The fraction of sp³-hybridized carbons (Fsp3) is 0.136. The smallest absolute Gasteiger partial charge is 0.272 e. The van der Waals surface area contributed by atoms with E-state index < -0.39 is 0 Å². The zero-order valence-electron chi connectivity index (χ0n) is 15.8. The molecule has 0 saturated heterocycles. The van der Waals surface area contributed by atoms with E-state index in [9.17, 15) is 4.79 Å². The molecule has 0 radical (unpaired) electrons. The Morgan fingerprint density at radius 1 is 1.14 bits per heavy atom. The second-order valence-electron chi connectivity index (χ2n) is 5.97. The van der Waals surface area contributed by atoms with Gasteiger partial charge in [-0.1, -0.05) is 30.3 Å². The van der Waals surface area contributed by atoms with Crippen molar-refractivity contribution in [2.75, 3.05) is 6.61 Å². The molecular formula is C22H20BrN3O3. The number of rotatable bonds is 8. The minimum absolute atomic E-state index is 0.335. The van der Waals surface area contributed by atoms with E-state index in [4.69, 9.17) is 9.47 Å². The van der Waals surface area contributed by atoms with Crippen LogP contribution in [0.3, 0.4) is 0 Å². The maximum absolute atomic E-state index is 12.0. The van der Waals surface area contributed by atoms with E-state index in [-0.39, 0.29) is 5.91 Å². The number of aromatic nitrogens is 1. The second-order valence-corrected chi connectivity index (χ2v) is 6.82. The number of ether oxygens (including phenoxy) is 2. The van der Waals surface area contributed by atoms with Gasteiger partial charge >= 0.3 is 0 Å². The van der Waals surface area contributed by atoms with E-state index in [1.807, 2.05) is 49.4 Å². The Morgan fingerprint density at radius 3 is 2.66 bits per heavy atom. The summed E-state index contributed by atoms with van der Waals surface area (Å²) in [6.45, 7) is 2.84. The van der Waals surface area contributed by atoms with Crippen molar-refractivity contribution in [3.8, 4) is 11.5 Å². The number of carbonyl (C=O) groups excluding carboxylic acids is 1. The summed E-state index contributed by atoms with van der Waals surface area (Å²) in [6.07, 6.45) is 4.63. The second kappa shape index (κ2) is 10.4. The molecule has 1 aromatic heterocycles. The number of hydrogen-bond acceptors (Lipinski definition) is 5. The normalized spacial score (nSPS) is 10.7. The predicted molar refractivity (Wildman–Crippen MR) is 115 cm³/mol. The molecule has 0 unspecified atom stereocenters. The minimum Gasteiger partial charge on any atom is -0.490 e. The van der Waals surface area contributed by atoms with Gasteiger partial charge in [0.25, 0.3) is 5.91 Å². The van der Waals surface area contributed by atoms with Gasteiger partial charge in [0, 0.05) is 22.4 Å². The first kappa shape index (κ1) is 20.5. The van der Waals surface area contributed by atoms with Crippen molar-refractivity contribution < 1.29 is 14.3 Å². The maximum atomic E-state index is 12.0. The van der Waals surface area contributed by atoms with Gasteiger partial charge in [-0.3, -0.25) is 9.78 Å². The highest BCUT2D eigenvalue weighted by Crippen LogP contribution is 2.33. The lowest BCUT2D eigenvalue weighted by molar-refractivity contribution is 0.0955. The maximum Gasteiger partial charge on any atom is 0.272 e. The van der Waals surface area contributed by atoms with Gasteiger partial charge < -0.3 is 9.47 Å². The van der Waals surface area contributed by atoms with Crippen LogP contribution in [0, 0.1) is 0 Å². The molecule has 0 saturated carbocycles. The van der Waals surface area contributed by atoms with Gasteiger partial charge in [0.05, 0.1) is 18.4 Å². The molecule has 3 rings (SSSR count). The van der Waals surface area contributed by atoms with Crippen LogP contribution in [0.4, 0.5) is 0 Å². The van der Waals surface area contributed by atoms with Crippen molar-refractivity contribution in [2.45, 2.75) is 13.5 Å². The van der Waals surface area contributed by atoms with Crippen molar-refractivity contribution in [2.24, 2.45) is 5.10 Å². The molecule has 3 aromatic rings. The first-order valence-corrected chi connectivity index (χ1v) is 9.83. The third-order valence-electron chi connectivity index (χ3n) is 3.89. The number of nitrogens with one attached hydrogen (secondary N) is 1. The van der Waals surface area contributed by atoms with Crippen molar-refractivity contribution in [1.82, 2.24) is 10.4 Å². The summed E-state index contributed by atoms with van der Waals surface area (Å²) in [5, 5.41) is 4.02. The van der Waals surface area contributed by atoms with Crippen LogP contribution in [0.15, 0.2) is 76.6 Å². The zero-order valence-corrected chi connectivity index (χ0v) is 17.4. The topological polar surface area (TPSA) is 72.8 Å². The standard InChI is InChI=1S/C22H20BrN3O3/c1-2-28-20-11-18(14-25-26-22(27)17-9-6-10-24-13-17)19(23)12-21(20)29-15-16-7-4-3-5-8-16/h3-14H,2,15H2,1H3,(H,26,27)/b25-14-. The Kier molecular flexibility index (Phi) is 7.35. The molecule has 6 nitrogen and oxygen atoms in total. The number of hydrazone groups is 1. The summed E-state index contributed by atoms with van der Waals surface area (Å²) in [4.78, 5) is 16.0. The van der Waals surface area contributed by atoms with Gasteiger partial charge in [0.15, 0.2) is 11.5 Å². The van der Waals surface area contributed by atoms with E-state index in [2.05, 4.69) is 31.4 Å². The SMILES string of the molecule is CCOc1cc(/C=N\NC(=O)c2cccnc2)c(Br)cc1OCc1ccccc1. The predicted octanol–water partition coefficient (Wildman–Crippen LogP) is 4.59. The van der Waals surface area contributed by atoms with E-state index in [0.717, 1.165) is 15.6 Å². The Labute approximate surface area is 177 Å². The van der Waals surface area contributed by atoms with E-state index in [1.54, 1.807) is 24.5 Å². The number of benzene rings is 2. The quantitative estimate of drug-likeness (QED) is 0.399. The Hall–Kier alpha value is -3.19. The minimum atomic E-state index is -0.335. The molecule has 1 heterocycles. The molecule has 1 N–H and O–H groups in total. The van der Waals surface area contributed by atoms with Crippen molar-refractivity contribution in [3.63, 3.8) is 0 Å². The summed E-state index contributed by atoms with van der Waals surface area (Å²) in [5.74, 6) is 0.893. The zero-order chi connectivity index (χ0) is 20.5. The fourth-order valence-electron chi connectivity index (χ4n) is 2.49. The number of hydrogen-bond donors (Lipinski definition) is 1. The highest BCUT2D eigenvalue weighted by molar-refractivity contribution is 9.10. The molecule has 0 fully saturated rings. The Balaban J connectivity index is 1.72.